The van der Waals surface area contributed by atoms with E-state index in [1.807, 2.05) is 0 Å². The van der Waals surface area contributed by atoms with E-state index in [4.69, 9.17) is 0 Å². The van der Waals surface area contributed by atoms with Gasteiger partial charge in [0.1, 0.15) is 0 Å². The van der Waals surface area contributed by atoms with Crippen LogP contribution in [-0.2, 0) is 9.84 Å². The molecule has 1 N–H and O–H groups in total. The van der Waals surface area contributed by atoms with E-state index in [0.29, 0.717) is 24.3 Å². The van der Waals surface area contributed by atoms with Crippen molar-refractivity contribution in [2.75, 3.05) is 31.9 Å². The Labute approximate surface area is 112 Å². The highest BCUT2D eigenvalue weighted by atomic mass is 32.2. The van der Waals surface area contributed by atoms with E-state index in [0.717, 1.165) is 26.1 Å². The highest BCUT2D eigenvalue weighted by Crippen LogP contribution is 2.16. The van der Waals surface area contributed by atoms with Gasteiger partial charge in [0.25, 0.3) is 0 Å². The van der Waals surface area contributed by atoms with Crippen LogP contribution >= 0.6 is 0 Å². The standard InChI is InChI=1S/C13H28N2O2S/c1-5-14-13-6-7-15(10-12(13)4)8-9-18(16,17)11(2)3/h11-14H,5-10H2,1-4H3. The molecule has 108 valence electrons. The second-order valence-electron chi connectivity index (χ2n) is 5.65. The van der Waals surface area contributed by atoms with Gasteiger partial charge < -0.3 is 10.2 Å². The second-order valence-corrected chi connectivity index (χ2v) is 8.32. The molecular weight excluding hydrogens is 248 g/mol. The maximum absolute atomic E-state index is 11.8. The normalized spacial score (nSPS) is 26.7. The van der Waals surface area contributed by atoms with Gasteiger partial charge in [0.15, 0.2) is 9.84 Å². The zero-order valence-electron chi connectivity index (χ0n) is 12.1. The molecule has 0 aromatic carbocycles. The molecule has 1 fully saturated rings. The number of hydrogen-bond donors (Lipinski definition) is 1. The number of likely N-dealkylation sites (tertiary alicyclic amines) is 1. The Kier molecular flexibility index (Phi) is 6.08. The van der Waals surface area contributed by atoms with Crippen LogP contribution in [0.4, 0.5) is 0 Å². The lowest BCUT2D eigenvalue weighted by Crippen LogP contribution is -2.49. The highest BCUT2D eigenvalue weighted by Gasteiger charge is 2.26. The van der Waals surface area contributed by atoms with E-state index in [1.54, 1.807) is 13.8 Å². The van der Waals surface area contributed by atoms with E-state index in [1.165, 1.54) is 0 Å². The molecule has 1 heterocycles. The number of nitrogens with one attached hydrogen (secondary N) is 1. The summed E-state index contributed by atoms with van der Waals surface area (Å²) in [5.74, 6) is 0.893. The first-order valence-corrected chi connectivity index (χ1v) is 8.75. The van der Waals surface area contributed by atoms with E-state index in [-0.39, 0.29) is 5.25 Å². The van der Waals surface area contributed by atoms with Crippen molar-refractivity contribution in [1.29, 1.82) is 0 Å². The molecule has 0 spiro atoms. The fourth-order valence-electron chi connectivity index (χ4n) is 2.49. The molecule has 4 nitrogen and oxygen atoms in total. The summed E-state index contributed by atoms with van der Waals surface area (Å²) in [6.07, 6.45) is 1.12. The predicted octanol–water partition coefficient (Wildman–Crippen LogP) is 1.13. The predicted molar refractivity (Wildman–Crippen MR) is 76.6 cm³/mol. The quantitative estimate of drug-likeness (QED) is 0.790. The van der Waals surface area contributed by atoms with Crippen molar-refractivity contribution in [3.63, 3.8) is 0 Å². The maximum atomic E-state index is 11.8. The first-order chi connectivity index (χ1) is 8.36. The minimum absolute atomic E-state index is 0.255. The molecule has 0 saturated carbocycles. The lowest BCUT2D eigenvalue weighted by Gasteiger charge is -2.37. The topological polar surface area (TPSA) is 49.4 Å². The van der Waals surface area contributed by atoms with Crippen molar-refractivity contribution in [2.45, 2.75) is 45.4 Å². The van der Waals surface area contributed by atoms with Gasteiger partial charge in [-0.25, -0.2) is 8.42 Å². The molecule has 1 rings (SSSR count). The molecule has 1 aliphatic rings. The minimum atomic E-state index is -2.90. The van der Waals surface area contributed by atoms with Gasteiger partial charge in [-0.1, -0.05) is 13.8 Å². The molecule has 0 amide bonds. The highest BCUT2D eigenvalue weighted by molar-refractivity contribution is 7.92. The SMILES string of the molecule is CCNC1CCN(CCS(=O)(=O)C(C)C)CC1C. The van der Waals surface area contributed by atoms with Crippen LogP contribution in [0.25, 0.3) is 0 Å². The molecule has 0 aliphatic carbocycles. The zero-order valence-corrected chi connectivity index (χ0v) is 13.0. The average molecular weight is 276 g/mol. The number of nitrogens with zero attached hydrogens (tertiary/aromatic N) is 1. The van der Waals surface area contributed by atoms with E-state index < -0.39 is 9.84 Å². The van der Waals surface area contributed by atoms with Crippen LogP contribution in [0.2, 0.25) is 0 Å². The number of piperidine rings is 1. The van der Waals surface area contributed by atoms with Crippen LogP contribution in [0.15, 0.2) is 0 Å². The maximum Gasteiger partial charge on any atom is 0.153 e. The summed E-state index contributed by atoms with van der Waals surface area (Å²) in [5, 5.41) is 3.25. The Morgan fingerprint density at radius 1 is 1.39 bits per heavy atom. The third-order valence-electron chi connectivity index (χ3n) is 3.87. The average Bonchev–Trinajstić information content (AvgIpc) is 2.30. The van der Waals surface area contributed by atoms with Crippen LogP contribution < -0.4 is 5.32 Å². The van der Waals surface area contributed by atoms with Gasteiger partial charge in [0, 0.05) is 19.1 Å². The molecule has 2 unspecified atom stereocenters. The van der Waals surface area contributed by atoms with Gasteiger partial charge >= 0.3 is 0 Å². The fraction of sp³-hybridized carbons (Fsp3) is 1.00. The van der Waals surface area contributed by atoms with Gasteiger partial charge in [-0.3, -0.25) is 0 Å². The third kappa shape index (κ3) is 4.52. The molecule has 5 heteroatoms. The largest absolute Gasteiger partial charge is 0.314 e. The van der Waals surface area contributed by atoms with Crippen LogP contribution in [0.3, 0.4) is 0 Å². The van der Waals surface area contributed by atoms with Crippen molar-refractivity contribution in [1.82, 2.24) is 10.2 Å². The lowest BCUT2D eigenvalue weighted by atomic mass is 9.94. The first-order valence-electron chi connectivity index (χ1n) is 7.04. The second kappa shape index (κ2) is 6.87. The lowest BCUT2D eigenvalue weighted by molar-refractivity contribution is 0.155. The molecule has 0 radical (unpaired) electrons. The molecule has 18 heavy (non-hydrogen) atoms. The van der Waals surface area contributed by atoms with Gasteiger partial charge in [-0.05, 0) is 39.3 Å². The molecular formula is C13H28N2O2S. The Balaban J connectivity index is 2.39. The monoisotopic (exact) mass is 276 g/mol. The Bertz CT molecular complexity index is 341. The summed E-state index contributed by atoms with van der Waals surface area (Å²) < 4.78 is 23.6. The summed E-state index contributed by atoms with van der Waals surface area (Å²) in [6.45, 7) is 11.6. The third-order valence-corrected chi connectivity index (χ3v) is 6.05. The van der Waals surface area contributed by atoms with Crippen LogP contribution in [0.1, 0.15) is 34.1 Å². The summed E-state index contributed by atoms with van der Waals surface area (Å²) >= 11 is 0. The van der Waals surface area contributed by atoms with Crippen LogP contribution in [0, 0.1) is 5.92 Å². The summed E-state index contributed by atoms with van der Waals surface area (Å²) in [4.78, 5) is 2.29. The molecule has 1 saturated heterocycles. The van der Waals surface area contributed by atoms with Crippen molar-refractivity contribution in [3.8, 4) is 0 Å². The number of rotatable bonds is 6. The Morgan fingerprint density at radius 2 is 2.06 bits per heavy atom. The molecule has 0 bridgehead atoms. The first kappa shape index (κ1) is 15.9. The van der Waals surface area contributed by atoms with Gasteiger partial charge in [0.2, 0.25) is 0 Å². The summed E-state index contributed by atoms with van der Waals surface area (Å²) in [5.41, 5.74) is 0. The van der Waals surface area contributed by atoms with Crippen LogP contribution in [-0.4, -0.2) is 56.5 Å². The number of hydrogen-bond acceptors (Lipinski definition) is 4. The van der Waals surface area contributed by atoms with Crippen molar-refractivity contribution < 1.29 is 8.42 Å². The van der Waals surface area contributed by atoms with Gasteiger partial charge in [-0.15, -0.1) is 0 Å². The van der Waals surface area contributed by atoms with Crippen molar-refractivity contribution in [2.24, 2.45) is 5.92 Å². The van der Waals surface area contributed by atoms with E-state index in [2.05, 4.69) is 24.1 Å². The van der Waals surface area contributed by atoms with Crippen LogP contribution in [0.5, 0.6) is 0 Å². The summed E-state index contributed by atoms with van der Waals surface area (Å²) in [6, 6.07) is 0.591. The number of sulfone groups is 1. The van der Waals surface area contributed by atoms with Crippen molar-refractivity contribution >= 4 is 9.84 Å². The Morgan fingerprint density at radius 3 is 2.56 bits per heavy atom. The van der Waals surface area contributed by atoms with E-state index >= 15 is 0 Å². The molecule has 0 aromatic heterocycles. The molecule has 2 atom stereocenters. The molecule has 1 aliphatic heterocycles. The van der Waals surface area contributed by atoms with Gasteiger partial charge in [0.05, 0.1) is 11.0 Å². The smallest absolute Gasteiger partial charge is 0.153 e. The van der Waals surface area contributed by atoms with Gasteiger partial charge in [-0.2, -0.15) is 0 Å². The Hall–Kier alpha value is -0.130. The molecule has 0 aromatic rings. The fourth-order valence-corrected chi connectivity index (χ4v) is 3.48. The minimum Gasteiger partial charge on any atom is -0.314 e. The zero-order chi connectivity index (χ0) is 13.8. The van der Waals surface area contributed by atoms with Crippen molar-refractivity contribution in [3.05, 3.63) is 0 Å². The summed E-state index contributed by atoms with van der Waals surface area (Å²) in [7, 11) is -2.90. The van der Waals surface area contributed by atoms with E-state index in [9.17, 15) is 8.42 Å².